The molecule has 2 heterocycles. The highest BCUT2D eigenvalue weighted by Crippen LogP contribution is 2.31. The van der Waals surface area contributed by atoms with Crippen LogP contribution in [0.15, 0.2) is 48.5 Å². The maximum atomic E-state index is 12.2. The molecule has 4 aromatic rings. The highest BCUT2D eigenvalue weighted by Gasteiger charge is 2.31. The smallest absolute Gasteiger partial charge is 0.477 e. The first-order chi connectivity index (χ1) is 22.5. The van der Waals surface area contributed by atoms with Gasteiger partial charge in [-0.2, -0.15) is 0 Å². The number of carbonyl (C=O) groups is 2. The minimum absolute atomic E-state index is 0.0246. The molecule has 2 aromatic heterocycles. The Hall–Kier alpha value is -4.74. The molecule has 0 amide bonds. The molecular weight excluding hydrogens is 614 g/mol. The third-order valence-corrected chi connectivity index (χ3v) is 7.04. The lowest BCUT2D eigenvalue weighted by molar-refractivity contribution is -0.492. The van der Waals surface area contributed by atoms with Crippen molar-refractivity contribution in [1.29, 1.82) is 0 Å². The summed E-state index contributed by atoms with van der Waals surface area (Å²) >= 11 is 0. The Balaban J connectivity index is 1.41. The molecule has 16 nitrogen and oxygen atoms in total. The summed E-state index contributed by atoms with van der Waals surface area (Å²) in [6.07, 6.45) is 2.16. The molecule has 0 spiro atoms. The normalized spacial score (nSPS) is 11.6. The van der Waals surface area contributed by atoms with Gasteiger partial charge < -0.3 is 24.3 Å². The fourth-order valence-electron chi connectivity index (χ4n) is 4.87. The molecule has 0 bridgehead atoms. The van der Waals surface area contributed by atoms with Crippen molar-refractivity contribution in [3.63, 3.8) is 0 Å². The van der Waals surface area contributed by atoms with Gasteiger partial charge in [0.1, 0.15) is 17.1 Å². The van der Waals surface area contributed by atoms with Gasteiger partial charge in [0.25, 0.3) is 0 Å². The molecule has 16 heteroatoms. The van der Waals surface area contributed by atoms with Gasteiger partial charge in [0.05, 0.1) is 18.6 Å². The van der Waals surface area contributed by atoms with E-state index in [9.17, 15) is 19.8 Å². The molecule has 4 N–H and O–H groups in total. The van der Waals surface area contributed by atoms with Crippen LogP contribution in [0.3, 0.4) is 0 Å². The van der Waals surface area contributed by atoms with E-state index in [-0.39, 0.29) is 43.3 Å². The maximum absolute atomic E-state index is 12.2. The van der Waals surface area contributed by atoms with Gasteiger partial charge in [-0.3, -0.25) is 15.3 Å². The number of carboxylic acids is 1. The lowest BCUT2D eigenvalue weighted by Crippen LogP contribution is -2.22. The second kappa shape index (κ2) is 16.2. The number of carbonyl (C=O) groups excluding carboxylic acids is 1. The number of unbranched alkanes of at least 4 members (excludes halogenated alkanes) is 2. The third kappa shape index (κ3) is 9.63. The van der Waals surface area contributed by atoms with Gasteiger partial charge in [-0.15, -0.1) is 15.0 Å². The number of tetrazole rings is 1. The third-order valence-electron chi connectivity index (χ3n) is 7.04. The number of hydrogen-bond donors (Lipinski definition) is 4. The summed E-state index contributed by atoms with van der Waals surface area (Å²) in [5.41, 5.74) is 1.96. The average molecular weight is 654 g/mol. The quantitative estimate of drug-likeness (QED) is 0.0707. The summed E-state index contributed by atoms with van der Waals surface area (Å²) in [5.74, 6) is -0.227. The van der Waals surface area contributed by atoms with E-state index in [4.69, 9.17) is 19.9 Å². The highest BCUT2D eigenvalue weighted by atomic mass is 17.1. The number of nitrogens with zero attached hydrogens (tertiary/aromatic N) is 7. The fourth-order valence-corrected chi connectivity index (χ4v) is 4.87. The van der Waals surface area contributed by atoms with Crippen LogP contribution in [0.5, 0.6) is 0 Å². The number of hydrogen-bond acceptors (Lipinski definition) is 13. The molecule has 2 aromatic carbocycles. The van der Waals surface area contributed by atoms with Crippen molar-refractivity contribution in [2.45, 2.75) is 71.8 Å². The van der Waals surface area contributed by atoms with E-state index in [0.29, 0.717) is 42.9 Å². The van der Waals surface area contributed by atoms with E-state index < -0.39 is 17.7 Å². The second-order valence-electron chi connectivity index (χ2n) is 11.2. The zero-order valence-corrected chi connectivity index (χ0v) is 26.4. The van der Waals surface area contributed by atoms with Gasteiger partial charge in [0.15, 0.2) is 5.69 Å². The van der Waals surface area contributed by atoms with Crippen LogP contribution < -0.4 is 0 Å². The van der Waals surface area contributed by atoms with Crippen molar-refractivity contribution in [3.05, 3.63) is 71.3 Å². The van der Waals surface area contributed by atoms with E-state index in [1.807, 2.05) is 55.5 Å². The first-order valence-corrected chi connectivity index (χ1v) is 15.1. The van der Waals surface area contributed by atoms with Crippen molar-refractivity contribution in [2.24, 2.45) is 0 Å². The molecule has 0 aliphatic carbocycles. The number of rotatable bonds is 17. The minimum Gasteiger partial charge on any atom is -0.477 e. The molecule has 0 aliphatic heterocycles. The first-order valence-electron chi connectivity index (χ1n) is 15.1. The van der Waals surface area contributed by atoms with E-state index in [0.717, 1.165) is 27.9 Å². The lowest BCUT2D eigenvalue weighted by Gasteiger charge is -2.16. The molecule has 0 atom stereocenters. The number of benzene rings is 2. The predicted octanol–water partition coefficient (Wildman–Crippen LogP) is 4.42. The number of aliphatic hydroxyl groups is 1. The Kier molecular flexibility index (Phi) is 12.1. The Morgan fingerprint density at radius 2 is 1.66 bits per heavy atom. The summed E-state index contributed by atoms with van der Waals surface area (Å²) in [5, 5.41) is 49.6. The summed E-state index contributed by atoms with van der Waals surface area (Å²) in [4.78, 5) is 34.3. The van der Waals surface area contributed by atoms with Crippen LogP contribution in [0.2, 0.25) is 0 Å². The summed E-state index contributed by atoms with van der Waals surface area (Å²) in [6, 6.07) is 15.2. The number of aromatic nitrogens is 6. The number of aromatic carboxylic acids is 1. The van der Waals surface area contributed by atoms with Gasteiger partial charge in [-0.05, 0) is 61.4 Å². The summed E-state index contributed by atoms with van der Waals surface area (Å²) < 4.78 is 11.7. The summed E-state index contributed by atoms with van der Waals surface area (Å²) in [7, 11) is 0. The molecule has 252 valence electrons. The van der Waals surface area contributed by atoms with Crippen LogP contribution in [-0.4, -0.2) is 81.1 Å². The predicted molar refractivity (Wildman–Crippen MR) is 164 cm³/mol. The van der Waals surface area contributed by atoms with Crippen LogP contribution in [0, 0.1) is 0 Å². The molecule has 0 aliphatic rings. The molecule has 0 radical (unpaired) electrons. The van der Waals surface area contributed by atoms with E-state index >= 15 is 0 Å². The van der Waals surface area contributed by atoms with E-state index in [1.165, 1.54) is 13.8 Å². The summed E-state index contributed by atoms with van der Waals surface area (Å²) in [6.45, 7) is 5.23. The molecule has 0 saturated heterocycles. The van der Waals surface area contributed by atoms with Crippen LogP contribution in [-0.2, 0) is 39.6 Å². The molecule has 0 unspecified atom stereocenters. The topological polar surface area (TPSA) is 207 Å². The monoisotopic (exact) mass is 653 g/mol. The zero-order chi connectivity index (χ0) is 34.0. The molecular formula is C31H39N7O9. The van der Waals surface area contributed by atoms with E-state index in [2.05, 4.69) is 25.2 Å². The number of aryl methyl sites for hydroxylation is 1. The molecule has 0 fully saturated rings. The van der Waals surface area contributed by atoms with Crippen molar-refractivity contribution < 1.29 is 44.5 Å². The van der Waals surface area contributed by atoms with Crippen molar-refractivity contribution >= 4 is 12.1 Å². The maximum Gasteiger partial charge on any atom is 0.510 e. The molecule has 47 heavy (non-hydrogen) atoms. The first kappa shape index (κ1) is 35.1. The SMILES string of the molecule is CCCc1nc(C(C)(C)O)c(C(=O)O)n1Cc1ccc(-c2ccccc2-c2nnn(COC(=O)OCCCCCON(O)O)n2)cc1. The molecule has 4 rings (SSSR count). The Labute approximate surface area is 270 Å². The number of imidazole rings is 1. The van der Waals surface area contributed by atoms with Crippen molar-refractivity contribution in [2.75, 3.05) is 13.2 Å². The minimum atomic E-state index is -1.41. The van der Waals surface area contributed by atoms with Crippen molar-refractivity contribution in [1.82, 2.24) is 35.1 Å². The standard InChI is InChI=1S/C31H39N7O9/c1-4-10-25-32-27(31(2,3)42)26(29(39)40)36(25)19-21-13-15-22(16-14-21)23-11-6-7-12-24(23)28-33-35-37(34-28)20-46-30(41)45-17-8-5-9-18-47-38(43)44/h6-7,11-16,42-44H,4-5,8-10,17-20H2,1-3H3,(H,39,40). The number of carboxylic acid groups (broad SMARTS) is 1. The lowest BCUT2D eigenvalue weighted by atomic mass is 9.98. The van der Waals surface area contributed by atoms with Crippen molar-refractivity contribution in [3.8, 4) is 22.5 Å². The second-order valence-corrected chi connectivity index (χ2v) is 11.2. The van der Waals surface area contributed by atoms with Gasteiger partial charge in [-0.1, -0.05) is 55.5 Å². The largest absolute Gasteiger partial charge is 0.510 e. The Morgan fingerprint density at radius 1 is 0.957 bits per heavy atom. The van der Waals surface area contributed by atoms with Crippen LogP contribution in [0.25, 0.3) is 22.5 Å². The Morgan fingerprint density at radius 3 is 2.32 bits per heavy atom. The molecule has 0 saturated carbocycles. The van der Waals surface area contributed by atoms with E-state index in [1.54, 1.807) is 4.57 Å². The van der Waals surface area contributed by atoms with Gasteiger partial charge in [0, 0.05) is 18.5 Å². The fraction of sp³-hybridized carbons (Fsp3) is 0.419. The zero-order valence-electron chi connectivity index (χ0n) is 26.4. The average Bonchev–Trinajstić information content (AvgIpc) is 3.65. The number of ether oxygens (including phenoxy) is 2. The van der Waals surface area contributed by atoms with Crippen LogP contribution >= 0.6 is 0 Å². The van der Waals surface area contributed by atoms with Gasteiger partial charge in [-0.25, -0.2) is 14.6 Å². The van der Waals surface area contributed by atoms with Crippen LogP contribution in [0.1, 0.15) is 74.0 Å². The van der Waals surface area contributed by atoms with Gasteiger partial charge >= 0.3 is 12.1 Å². The highest BCUT2D eigenvalue weighted by molar-refractivity contribution is 5.87. The van der Waals surface area contributed by atoms with Crippen LogP contribution in [0.4, 0.5) is 4.79 Å². The Bertz CT molecular complexity index is 1630. The van der Waals surface area contributed by atoms with Gasteiger partial charge in [0.2, 0.25) is 12.6 Å².